The average molecular weight is 232 g/mol. The number of fused-ring (bicyclic) bond motifs is 1. The topological polar surface area (TPSA) is 63.8 Å². The van der Waals surface area contributed by atoms with Crippen molar-refractivity contribution in [2.75, 3.05) is 0 Å². The lowest BCUT2D eigenvalue weighted by atomic mass is 10.0. The quantitative estimate of drug-likeness (QED) is 0.853. The minimum atomic E-state index is -0.190. The van der Waals surface area contributed by atoms with Crippen LogP contribution in [0.2, 0.25) is 0 Å². The Balaban J connectivity index is 1.95. The van der Waals surface area contributed by atoms with Crippen LogP contribution in [0.15, 0.2) is 18.9 Å². The van der Waals surface area contributed by atoms with Gasteiger partial charge in [0.15, 0.2) is 5.65 Å². The van der Waals surface area contributed by atoms with Crippen LogP contribution in [0.1, 0.15) is 32.2 Å². The van der Waals surface area contributed by atoms with Crippen molar-refractivity contribution in [1.29, 1.82) is 0 Å². The zero-order valence-electron chi connectivity index (χ0n) is 9.82. The zero-order chi connectivity index (χ0) is 11.8. The summed E-state index contributed by atoms with van der Waals surface area (Å²) < 4.78 is 2.08. The number of rotatable bonds is 2. The first-order valence-corrected chi connectivity index (χ1v) is 6.10. The fourth-order valence-corrected chi connectivity index (χ4v) is 2.79. The van der Waals surface area contributed by atoms with E-state index in [1.807, 2.05) is 6.33 Å². The Morgan fingerprint density at radius 1 is 1.41 bits per heavy atom. The Morgan fingerprint density at radius 2 is 2.29 bits per heavy atom. The van der Waals surface area contributed by atoms with Crippen LogP contribution in [0.5, 0.6) is 0 Å². The summed E-state index contributed by atoms with van der Waals surface area (Å²) in [5.74, 6) is 0.402. The Bertz CT molecular complexity index is 524. The molecule has 17 heavy (non-hydrogen) atoms. The number of aliphatic hydroxyl groups is 1. The van der Waals surface area contributed by atoms with Crippen LogP contribution in [0, 0.1) is 5.92 Å². The molecule has 0 spiro atoms. The second kappa shape index (κ2) is 4.07. The Kier molecular flexibility index (Phi) is 2.55. The van der Waals surface area contributed by atoms with Gasteiger partial charge in [0.25, 0.3) is 0 Å². The number of hydrogen-bond donors (Lipinski definition) is 1. The molecule has 1 aliphatic carbocycles. The van der Waals surface area contributed by atoms with Crippen molar-refractivity contribution in [3.05, 3.63) is 18.9 Å². The van der Waals surface area contributed by atoms with Crippen LogP contribution in [0.3, 0.4) is 0 Å². The lowest BCUT2D eigenvalue weighted by Gasteiger charge is -2.11. The maximum atomic E-state index is 9.96. The van der Waals surface area contributed by atoms with E-state index in [1.165, 1.54) is 0 Å². The summed E-state index contributed by atoms with van der Waals surface area (Å²) in [5.41, 5.74) is 1.69. The zero-order valence-corrected chi connectivity index (χ0v) is 9.82. The molecule has 5 heteroatoms. The van der Waals surface area contributed by atoms with Gasteiger partial charge in [0.05, 0.1) is 18.6 Å². The Hall–Kier alpha value is -1.49. The molecule has 90 valence electrons. The van der Waals surface area contributed by atoms with Gasteiger partial charge in [0.2, 0.25) is 0 Å². The molecule has 2 aromatic heterocycles. The molecule has 2 heterocycles. The monoisotopic (exact) mass is 232 g/mol. The number of imidazole rings is 1. The van der Waals surface area contributed by atoms with Crippen molar-refractivity contribution in [2.45, 2.75) is 38.3 Å². The lowest BCUT2D eigenvalue weighted by Crippen LogP contribution is -2.11. The smallest absolute Gasteiger partial charge is 0.163 e. The van der Waals surface area contributed by atoms with Gasteiger partial charge in [-0.15, -0.1) is 0 Å². The molecule has 3 atom stereocenters. The molecule has 1 N–H and O–H groups in total. The van der Waals surface area contributed by atoms with Crippen molar-refractivity contribution in [1.82, 2.24) is 19.5 Å². The van der Waals surface area contributed by atoms with Crippen molar-refractivity contribution in [3.63, 3.8) is 0 Å². The minimum Gasteiger partial charge on any atom is -0.393 e. The first-order valence-electron chi connectivity index (χ1n) is 6.10. The molecule has 5 nitrogen and oxygen atoms in total. The molecule has 1 fully saturated rings. The van der Waals surface area contributed by atoms with Crippen molar-refractivity contribution in [3.8, 4) is 0 Å². The van der Waals surface area contributed by atoms with E-state index in [4.69, 9.17) is 0 Å². The summed E-state index contributed by atoms with van der Waals surface area (Å²) in [6, 6.07) is 0.315. The average Bonchev–Trinajstić information content (AvgIpc) is 2.92. The highest BCUT2D eigenvalue weighted by atomic mass is 16.3. The third-order valence-electron chi connectivity index (χ3n) is 3.79. The first-order chi connectivity index (χ1) is 8.29. The normalized spacial score (nSPS) is 28.9. The molecule has 3 rings (SSSR count). The van der Waals surface area contributed by atoms with Crippen LogP contribution in [0.25, 0.3) is 11.2 Å². The molecular formula is C12H16N4O. The summed E-state index contributed by atoms with van der Waals surface area (Å²) in [6.07, 6.45) is 7.73. The molecule has 1 aliphatic rings. The van der Waals surface area contributed by atoms with Gasteiger partial charge in [0, 0.05) is 6.04 Å². The fourth-order valence-electron chi connectivity index (χ4n) is 2.79. The van der Waals surface area contributed by atoms with Crippen molar-refractivity contribution < 1.29 is 5.11 Å². The maximum Gasteiger partial charge on any atom is 0.163 e. The van der Waals surface area contributed by atoms with E-state index in [1.54, 1.807) is 12.5 Å². The molecule has 2 aromatic rings. The second-order valence-corrected chi connectivity index (χ2v) is 4.74. The fraction of sp³-hybridized carbons (Fsp3) is 0.583. The van der Waals surface area contributed by atoms with E-state index in [9.17, 15) is 5.11 Å². The van der Waals surface area contributed by atoms with E-state index in [-0.39, 0.29) is 6.10 Å². The van der Waals surface area contributed by atoms with Gasteiger partial charge in [-0.05, 0) is 18.8 Å². The van der Waals surface area contributed by atoms with Gasteiger partial charge in [-0.3, -0.25) is 0 Å². The van der Waals surface area contributed by atoms with Gasteiger partial charge >= 0.3 is 0 Å². The predicted molar refractivity (Wildman–Crippen MR) is 63.4 cm³/mol. The molecule has 0 radical (unpaired) electrons. The van der Waals surface area contributed by atoms with Crippen LogP contribution in [0.4, 0.5) is 0 Å². The van der Waals surface area contributed by atoms with Gasteiger partial charge in [-0.25, -0.2) is 15.0 Å². The summed E-state index contributed by atoms with van der Waals surface area (Å²) in [4.78, 5) is 12.5. The van der Waals surface area contributed by atoms with E-state index < -0.39 is 0 Å². The molecule has 0 aliphatic heterocycles. The second-order valence-electron chi connectivity index (χ2n) is 4.74. The first kappa shape index (κ1) is 10.7. The highest BCUT2D eigenvalue weighted by molar-refractivity contribution is 5.69. The molecule has 1 saturated carbocycles. The summed E-state index contributed by atoms with van der Waals surface area (Å²) in [5, 5.41) is 9.96. The number of aliphatic hydroxyl groups excluding tert-OH is 1. The van der Waals surface area contributed by atoms with E-state index in [0.717, 1.165) is 30.4 Å². The SMILES string of the molecule is CC[C@H]1C[C@@H](n2cnc3cncnc32)C[C@@H]1O. The highest BCUT2D eigenvalue weighted by Gasteiger charge is 2.33. The number of hydrogen-bond acceptors (Lipinski definition) is 4. The van der Waals surface area contributed by atoms with Gasteiger partial charge in [0.1, 0.15) is 11.8 Å². The third-order valence-corrected chi connectivity index (χ3v) is 3.79. The van der Waals surface area contributed by atoms with E-state index >= 15 is 0 Å². The van der Waals surface area contributed by atoms with Gasteiger partial charge in [-0.1, -0.05) is 13.3 Å². The van der Waals surface area contributed by atoms with Crippen LogP contribution < -0.4 is 0 Å². The molecule has 0 unspecified atom stereocenters. The summed E-state index contributed by atoms with van der Waals surface area (Å²) >= 11 is 0. The van der Waals surface area contributed by atoms with Crippen molar-refractivity contribution >= 4 is 11.2 Å². The highest BCUT2D eigenvalue weighted by Crippen LogP contribution is 2.37. The largest absolute Gasteiger partial charge is 0.393 e. The van der Waals surface area contributed by atoms with Gasteiger partial charge < -0.3 is 9.67 Å². The Labute approximate surface area is 99.5 Å². The predicted octanol–water partition coefficient (Wildman–Crippen LogP) is 1.55. The molecule has 0 saturated heterocycles. The third kappa shape index (κ3) is 1.70. The Morgan fingerprint density at radius 3 is 3.06 bits per heavy atom. The number of nitrogens with zero attached hydrogens (tertiary/aromatic N) is 4. The standard InChI is InChI=1S/C12H16N4O/c1-2-8-3-9(4-11(8)17)16-7-15-10-5-13-6-14-12(10)16/h5-9,11,17H,2-4H2,1H3/t8-,9+,11-/m0/s1. The maximum absolute atomic E-state index is 9.96. The van der Waals surface area contributed by atoms with Crippen LogP contribution in [-0.2, 0) is 0 Å². The van der Waals surface area contributed by atoms with Crippen molar-refractivity contribution in [2.24, 2.45) is 5.92 Å². The summed E-state index contributed by atoms with van der Waals surface area (Å²) in [6.45, 7) is 2.13. The minimum absolute atomic E-state index is 0.190. The van der Waals surface area contributed by atoms with Gasteiger partial charge in [-0.2, -0.15) is 0 Å². The molecule has 0 aromatic carbocycles. The number of aromatic nitrogens is 4. The molecule has 0 amide bonds. The van der Waals surface area contributed by atoms with E-state index in [2.05, 4.69) is 26.4 Å². The van der Waals surface area contributed by atoms with Crippen LogP contribution >= 0.6 is 0 Å². The summed E-state index contributed by atoms with van der Waals surface area (Å²) in [7, 11) is 0. The molecular weight excluding hydrogens is 216 g/mol. The molecule has 0 bridgehead atoms. The van der Waals surface area contributed by atoms with E-state index in [0.29, 0.717) is 12.0 Å². The lowest BCUT2D eigenvalue weighted by molar-refractivity contribution is 0.129. The van der Waals surface area contributed by atoms with Crippen LogP contribution in [-0.4, -0.2) is 30.7 Å².